The van der Waals surface area contributed by atoms with E-state index in [-0.39, 0.29) is 0 Å². The first-order valence-corrected chi connectivity index (χ1v) is 12.6. The fourth-order valence-electron chi connectivity index (χ4n) is 3.88. The highest BCUT2D eigenvalue weighted by molar-refractivity contribution is 9.10. The Kier molecular flexibility index (Phi) is 6.37. The van der Waals surface area contributed by atoms with E-state index < -0.39 is 6.23 Å². The van der Waals surface area contributed by atoms with E-state index in [9.17, 15) is 0 Å². The predicted octanol–water partition coefficient (Wildman–Crippen LogP) is 6.86. The number of unbranched alkanes of at least 4 members (excludes halogenated alkanes) is 1. The second kappa shape index (κ2) is 9.57. The van der Waals surface area contributed by atoms with Crippen LogP contribution >= 0.6 is 27.7 Å². The molecular weight excluding hydrogens is 500 g/mol. The smallest absolute Gasteiger partial charge is 0.247 e. The summed E-state index contributed by atoms with van der Waals surface area (Å²) in [6, 6.07) is 18.2. The number of hydrogen-bond acceptors (Lipinski definition) is 7. The number of benzene rings is 3. The summed E-state index contributed by atoms with van der Waals surface area (Å²) in [4.78, 5) is 4.75. The monoisotopic (exact) mass is 522 g/mol. The Morgan fingerprint density at radius 3 is 2.76 bits per heavy atom. The van der Waals surface area contributed by atoms with Gasteiger partial charge in [-0.3, -0.25) is 0 Å². The summed E-state index contributed by atoms with van der Waals surface area (Å²) in [6.07, 6.45) is 1.76. The molecule has 1 atom stereocenters. The van der Waals surface area contributed by atoms with Gasteiger partial charge in [-0.15, -0.1) is 10.2 Å². The Labute approximate surface area is 205 Å². The van der Waals surface area contributed by atoms with Gasteiger partial charge >= 0.3 is 0 Å². The number of halogens is 1. The van der Waals surface area contributed by atoms with Gasteiger partial charge in [-0.2, -0.15) is 4.98 Å². The van der Waals surface area contributed by atoms with Gasteiger partial charge in [-0.05, 0) is 42.1 Å². The standard InChI is InChI=1S/C25H23BrN4O2S/c1-3-4-13-33-25-28-24-22(29-30-25)19-14-15(26)9-11-20(19)27-23(32-24)18-10-12-21(31-2)17-8-6-5-7-16(17)18/h5-12,14,23,27H,3-4,13H2,1-2H3/t23-/m0/s1. The van der Waals surface area contributed by atoms with E-state index in [1.54, 1.807) is 18.9 Å². The van der Waals surface area contributed by atoms with Crippen LogP contribution < -0.4 is 14.8 Å². The van der Waals surface area contributed by atoms with Crippen molar-refractivity contribution in [1.82, 2.24) is 15.2 Å². The van der Waals surface area contributed by atoms with Crippen molar-refractivity contribution in [3.63, 3.8) is 0 Å². The summed E-state index contributed by atoms with van der Waals surface area (Å²) in [6.45, 7) is 2.17. The van der Waals surface area contributed by atoms with Gasteiger partial charge in [-0.25, -0.2) is 0 Å². The van der Waals surface area contributed by atoms with E-state index in [4.69, 9.17) is 14.5 Å². The maximum absolute atomic E-state index is 6.50. The van der Waals surface area contributed by atoms with Gasteiger partial charge in [-0.1, -0.05) is 65.3 Å². The molecule has 3 aromatic carbocycles. The lowest BCUT2D eigenvalue weighted by Crippen LogP contribution is -2.17. The van der Waals surface area contributed by atoms with Crippen LogP contribution in [0.4, 0.5) is 5.69 Å². The fourth-order valence-corrected chi connectivity index (χ4v) is 5.10. The van der Waals surface area contributed by atoms with Crippen LogP contribution in [-0.4, -0.2) is 28.0 Å². The Morgan fingerprint density at radius 1 is 1.09 bits per heavy atom. The first-order valence-electron chi connectivity index (χ1n) is 10.8. The lowest BCUT2D eigenvalue weighted by molar-refractivity contribution is 0.226. The summed E-state index contributed by atoms with van der Waals surface area (Å²) in [7, 11) is 1.69. The molecule has 1 N–H and O–H groups in total. The van der Waals surface area contributed by atoms with Gasteiger partial charge in [0, 0.05) is 32.4 Å². The molecule has 0 amide bonds. The van der Waals surface area contributed by atoms with Crippen molar-refractivity contribution < 1.29 is 9.47 Å². The maximum atomic E-state index is 6.50. The third kappa shape index (κ3) is 4.37. The van der Waals surface area contributed by atoms with Crippen molar-refractivity contribution >= 4 is 44.2 Å². The second-order valence-corrected chi connectivity index (χ2v) is 9.66. The van der Waals surface area contributed by atoms with Crippen molar-refractivity contribution in [2.75, 3.05) is 18.2 Å². The molecule has 0 bridgehead atoms. The van der Waals surface area contributed by atoms with Crippen LogP contribution in [0, 0.1) is 0 Å². The molecule has 1 aliphatic heterocycles. The zero-order chi connectivity index (χ0) is 22.8. The zero-order valence-electron chi connectivity index (χ0n) is 18.3. The third-order valence-electron chi connectivity index (χ3n) is 5.54. The van der Waals surface area contributed by atoms with Crippen LogP contribution in [0.2, 0.25) is 0 Å². The first kappa shape index (κ1) is 22.0. The third-order valence-corrected chi connectivity index (χ3v) is 6.95. The Hall–Kier alpha value is -2.84. The SMILES string of the molecule is CCCCSc1nnc2c(n1)O[C@@H](c1ccc(OC)c3ccccc13)Nc1ccc(Br)cc1-2. The summed E-state index contributed by atoms with van der Waals surface area (Å²) in [5.74, 6) is 2.24. The Bertz CT molecular complexity index is 1320. The van der Waals surface area contributed by atoms with E-state index in [2.05, 4.69) is 50.5 Å². The summed E-state index contributed by atoms with van der Waals surface area (Å²) in [5.41, 5.74) is 3.42. The minimum atomic E-state index is -0.466. The predicted molar refractivity (Wildman–Crippen MR) is 136 cm³/mol. The normalized spacial score (nSPS) is 14.6. The van der Waals surface area contributed by atoms with Gasteiger partial charge in [0.2, 0.25) is 11.0 Å². The fraction of sp³-hybridized carbons (Fsp3) is 0.240. The molecule has 0 spiro atoms. The number of hydrogen-bond donors (Lipinski definition) is 1. The molecule has 0 saturated heterocycles. The highest BCUT2D eigenvalue weighted by atomic mass is 79.9. The van der Waals surface area contributed by atoms with Gasteiger partial charge in [0.1, 0.15) is 5.75 Å². The van der Waals surface area contributed by atoms with E-state index in [0.29, 0.717) is 16.7 Å². The number of anilines is 1. The minimum absolute atomic E-state index is 0.466. The van der Waals surface area contributed by atoms with Crippen LogP contribution in [-0.2, 0) is 0 Å². The largest absolute Gasteiger partial charge is 0.496 e. The molecule has 6 nitrogen and oxygen atoms in total. The van der Waals surface area contributed by atoms with E-state index in [0.717, 1.165) is 56.4 Å². The number of methoxy groups -OCH3 is 1. The molecule has 4 aromatic rings. The van der Waals surface area contributed by atoms with E-state index in [1.165, 1.54) is 0 Å². The molecule has 33 heavy (non-hydrogen) atoms. The van der Waals surface area contributed by atoms with Crippen molar-refractivity contribution in [1.29, 1.82) is 0 Å². The lowest BCUT2D eigenvalue weighted by Gasteiger charge is -2.21. The van der Waals surface area contributed by atoms with Crippen LogP contribution in [0.5, 0.6) is 11.6 Å². The van der Waals surface area contributed by atoms with Crippen LogP contribution in [0.25, 0.3) is 22.0 Å². The number of fused-ring (bicyclic) bond motifs is 4. The second-order valence-electron chi connectivity index (χ2n) is 7.68. The van der Waals surface area contributed by atoms with Crippen LogP contribution in [0.1, 0.15) is 31.6 Å². The molecule has 1 aliphatic rings. The minimum Gasteiger partial charge on any atom is -0.496 e. The molecular formula is C25H23BrN4O2S. The van der Waals surface area contributed by atoms with E-state index >= 15 is 0 Å². The van der Waals surface area contributed by atoms with Gasteiger partial charge in [0.05, 0.1) is 7.11 Å². The number of nitrogens with zero attached hydrogens (tertiary/aromatic N) is 3. The molecule has 0 aliphatic carbocycles. The van der Waals surface area contributed by atoms with Gasteiger partial charge in [0.25, 0.3) is 0 Å². The summed E-state index contributed by atoms with van der Waals surface area (Å²) < 4.78 is 13.0. The highest BCUT2D eigenvalue weighted by Gasteiger charge is 2.27. The van der Waals surface area contributed by atoms with E-state index in [1.807, 2.05) is 42.5 Å². The van der Waals surface area contributed by atoms with Crippen molar-refractivity contribution in [2.24, 2.45) is 0 Å². The summed E-state index contributed by atoms with van der Waals surface area (Å²) >= 11 is 5.18. The maximum Gasteiger partial charge on any atom is 0.247 e. The average molecular weight is 523 g/mol. The molecule has 0 fully saturated rings. The molecule has 8 heteroatoms. The molecule has 1 aromatic heterocycles. The van der Waals surface area contributed by atoms with Crippen LogP contribution in [0.3, 0.4) is 0 Å². The molecule has 0 unspecified atom stereocenters. The van der Waals surface area contributed by atoms with Crippen molar-refractivity contribution in [3.05, 3.63) is 64.6 Å². The average Bonchev–Trinajstić information content (AvgIpc) is 2.99. The van der Waals surface area contributed by atoms with Gasteiger partial charge in [0.15, 0.2) is 11.9 Å². The first-order chi connectivity index (χ1) is 16.2. The Morgan fingerprint density at radius 2 is 1.94 bits per heavy atom. The molecule has 0 saturated carbocycles. The molecule has 5 rings (SSSR count). The number of nitrogens with one attached hydrogen (secondary N) is 1. The Balaban J connectivity index is 1.63. The topological polar surface area (TPSA) is 69.2 Å². The number of thioether (sulfide) groups is 1. The lowest BCUT2D eigenvalue weighted by atomic mass is 10.0. The molecule has 2 heterocycles. The van der Waals surface area contributed by atoms with Crippen molar-refractivity contribution in [2.45, 2.75) is 31.1 Å². The number of ether oxygens (including phenoxy) is 2. The highest BCUT2D eigenvalue weighted by Crippen LogP contribution is 2.42. The molecule has 0 radical (unpaired) electrons. The van der Waals surface area contributed by atoms with Crippen molar-refractivity contribution in [3.8, 4) is 22.9 Å². The molecule has 168 valence electrons. The van der Waals surface area contributed by atoms with Gasteiger partial charge < -0.3 is 14.8 Å². The zero-order valence-corrected chi connectivity index (χ0v) is 20.7. The summed E-state index contributed by atoms with van der Waals surface area (Å²) in [5, 5.41) is 15.1. The number of rotatable bonds is 6. The quantitative estimate of drug-likeness (QED) is 0.219. The van der Waals surface area contributed by atoms with Crippen LogP contribution in [0.15, 0.2) is 64.2 Å². The number of aromatic nitrogens is 3.